The highest BCUT2D eigenvalue weighted by Gasteiger charge is 2.95. The molecule has 0 aromatic heterocycles. The molecule has 22 heteroatoms. The molecule has 0 bridgehead atoms. The third-order valence-corrected chi connectivity index (χ3v) is 9.91. The second-order valence-electron chi connectivity index (χ2n) is 15.0. The fourth-order valence-electron chi connectivity index (χ4n) is 5.93. The molecule has 0 rings (SSSR count). The molecule has 0 heterocycles. The lowest BCUT2D eigenvalue weighted by Gasteiger charge is -2.42. The predicted octanol–water partition coefficient (Wildman–Crippen LogP) is 13.8. The number of unbranched alkanes of at least 4 members (excludes halogenated alkanes) is 19. The zero-order chi connectivity index (χ0) is 46.5. The molecular formula is C38H58F17NO4. The number of hydrogen-bond donors (Lipinski definition) is 1. The summed E-state index contributed by atoms with van der Waals surface area (Å²) in [5.74, 6) is -58.9. The SMILES string of the molecule is CCCCCCCCCCCCCCCCOC(=O)CCCCCCCCCC(N)C(=O)OCCC(F)(F)C(F)(F)C(F)(F)C(F)(F)C(F)(F)C(F)(F)C(F)(F)C(F)(F)F. The molecule has 0 radical (unpaired) electrons. The van der Waals surface area contributed by atoms with Crippen LogP contribution in [-0.2, 0) is 19.1 Å². The topological polar surface area (TPSA) is 78.6 Å². The second kappa shape index (κ2) is 25.7. The molecule has 0 aliphatic carbocycles. The normalized spacial score (nSPS) is 14.4. The van der Waals surface area contributed by atoms with Crippen molar-refractivity contribution in [3.8, 4) is 0 Å². The molecule has 0 spiro atoms. The Morgan fingerprint density at radius 3 is 1.20 bits per heavy atom. The van der Waals surface area contributed by atoms with Crippen molar-refractivity contribution in [2.24, 2.45) is 5.73 Å². The number of carbonyl (C=O) groups excluding carboxylic acids is 2. The molecule has 1 atom stereocenters. The van der Waals surface area contributed by atoms with E-state index in [0.29, 0.717) is 32.3 Å². The summed E-state index contributed by atoms with van der Waals surface area (Å²) >= 11 is 0. The largest absolute Gasteiger partial charge is 0.466 e. The van der Waals surface area contributed by atoms with E-state index in [9.17, 15) is 84.2 Å². The van der Waals surface area contributed by atoms with E-state index >= 15 is 0 Å². The highest BCUT2D eigenvalue weighted by Crippen LogP contribution is 2.64. The Kier molecular flexibility index (Phi) is 24.7. The molecule has 0 saturated carbocycles. The number of alkyl halides is 17. The standard InChI is InChI=1S/C38H58F17NO4/c1-2-3-4-5-6-7-8-9-10-11-12-16-19-22-26-59-29(57)24-21-18-15-13-14-17-20-23-28(56)30(58)60-27-25-31(39,40)32(41,42)33(43,44)34(45,46)35(47,48)36(49,50)37(51,52)38(53,54)55/h28H,2-27,56H2,1H3. The van der Waals surface area contributed by atoms with Crippen LogP contribution in [0.3, 0.4) is 0 Å². The van der Waals surface area contributed by atoms with E-state index in [1.54, 1.807) is 0 Å². The van der Waals surface area contributed by atoms with E-state index in [0.717, 1.165) is 32.1 Å². The minimum absolute atomic E-state index is 0.188. The Morgan fingerprint density at radius 1 is 0.433 bits per heavy atom. The third kappa shape index (κ3) is 16.4. The predicted molar refractivity (Wildman–Crippen MR) is 187 cm³/mol. The maximum Gasteiger partial charge on any atom is 0.460 e. The van der Waals surface area contributed by atoms with Crippen molar-refractivity contribution in [2.45, 2.75) is 215 Å². The van der Waals surface area contributed by atoms with E-state index in [1.165, 1.54) is 70.6 Å². The van der Waals surface area contributed by atoms with Crippen LogP contribution in [0.4, 0.5) is 74.6 Å². The summed E-state index contributed by atoms with van der Waals surface area (Å²) in [6.07, 6.45) is 10.4. The number of hydrogen-bond acceptors (Lipinski definition) is 5. The quantitative estimate of drug-likeness (QED) is 0.0389. The van der Waals surface area contributed by atoms with Crippen molar-refractivity contribution < 1.29 is 93.7 Å². The van der Waals surface area contributed by atoms with Crippen LogP contribution in [0.5, 0.6) is 0 Å². The first-order valence-corrected chi connectivity index (χ1v) is 20.3. The summed E-state index contributed by atoms with van der Waals surface area (Å²) in [5, 5.41) is 0. The number of carbonyl (C=O) groups is 2. The molecular weight excluding hydrogens is 857 g/mol. The van der Waals surface area contributed by atoms with Crippen LogP contribution >= 0.6 is 0 Å². The van der Waals surface area contributed by atoms with Gasteiger partial charge in [-0.1, -0.05) is 129 Å². The smallest absolute Gasteiger partial charge is 0.460 e. The summed E-state index contributed by atoms with van der Waals surface area (Å²) in [4.78, 5) is 23.8. The van der Waals surface area contributed by atoms with Gasteiger partial charge in [0.15, 0.2) is 0 Å². The molecule has 5 nitrogen and oxygen atoms in total. The van der Waals surface area contributed by atoms with Crippen molar-refractivity contribution in [1.82, 2.24) is 0 Å². The van der Waals surface area contributed by atoms with Gasteiger partial charge in [0.2, 0.25) is 0 Å². The van der Waals surface area contributed by atoms with E-state index in [4.69, 9.17) is 10.5 Å². The van der Waals surface area contributed by atoms with E-state index in [2.05, 4.69) is 11.7 Å². The van der Waals surface area contributed by atoms with Crippen LogP contribution in [-0.4, -0.2) is 78.8 Å². The molecule has 0 aliphatic heterocycles. The van der Waals surface area contributed by atoms with E-state index in [-0.39, 0.29) is 25.2 Å². The highest BCUT2D eigenvalue weighted by atomic mass is 19.4. The van der Waals surface area contributed by atoms with E-state index in [1.807, 2.05) is 0 Å². The maximum absolute atomic E-state index is 14.0. The zero-order valence-electron chi connectivity index (χ0n) is 33.6. The summed E-state index contributed by atoms with van der Waals surface area (Å²) in [6, 6.07) is -1.61. The monoisotopic (exact) mass is 915 g/mol. The van der Waals surface area contributed by atoms with Gasteiger partial charge in [-0.15, -0.1) is 0 Å². The van der Waals surface area contributed by atoms with Crippen LogP contribution in [0.2, 0.25) is 0 Å². The minimum Gasteiger partial charge on any atom is -0.466 e. The summed E-state index contributed by atoms with van der Waals surface area (Å²) < 4.78 is 237. The van der Waals surface area contributed by atoms with Gasteiger partial charge in [0, 0.05) is 6.42 Å². The Morgan fingerprint density at radius 2 is 0.783 bits per heavy atom. The van der Waals surface area contributed by atoms with Gasteiger partial charge in [-0.25, -0.2) is 0 Å². The first-order chi connectivity index (χ1) is 27.5. The minimum atomic E-state index is -8.71. The van der Waals surface area contributed by atoms with Crippen LogP contribution < -0.4 is 5.73 Å². The molecule has 358 valence electrons. The highest BCUT2D eigenvalue weighted by molar-refractivity contribution is 5.75. The molecule has 0 aromatic carbocycles. The van der Waals surface area contributed by atoms with E-state index < -0.39 is 72.7 Å². The van der Waals surface area contributed by atoms with Gasteiger partial charge in [0.25, 0.3) is 0 Å². The Hall–Kier alpha value is -2.29. The lowest BCUT2D eigenvalue weighted by Crippen LogP contribution is -2.74. The van der Waals surface area contributed by atoms with Gasteiger partial charge < -0.3 is 15.2 Å². The summed E-state index contributed by atoms with van der Waals surface area (Å²) in [7, 11) is 0. The van der Waals surface area contributed by atoms with Crippen molar-refractivity contribution in [1.29, 1.82) is 0 Å². The number of esters is 2. The lowest BCUT2D eigenvalue weighted by molar-refractivity contribution is -0.461. The van der Waals surface area contributed by atoms with Crippen molar-refractivity contribution in [3.63, 3.8) is 0 Å². The van der Waals surface area contributed by atoms with Gasteiger partial charge in [-0.3, -0.25) is 9.59 Å². The van der Waals surface area contributed by atoms with Gasteiger partial charge in [0.1, 0.15) is 6.04 Å². The maximum atomic E-state index is 14.0. The molecule has 0 fully saturated rings. The zero-order valence-corrected chi connectivity index (χ0v) is 33.6. The van der Waals surface area contributed by atoms with Crippen molar-refractivity contribution >= 4 is 11.9 Å². The summed E-state index contributed by atoms with van der Waals surface area (Å²) in [5.41, 5.74) is 5.48. The molecule has 0 saturated heterocycles. The Labute approximate surface area is 339 Å². The van der Waals surface area contributed by atoms with Crippen LogP contribution in [0.25, 0.3) is 0 Å². The van der Waals surface area contributed by atoms with Crippen molar-refractivity contribution in [3.05, 3.63) is 0 Å². The number of nitrogens with two attached hydrogens (primary N) is 1. The molecule has 1 unspecified atom stereocenters. The third-order valence-electron chi connectivity index (χ3n) is 9.91. The fourth-order valence-corrected chi connectivity index (χ4v) is 5.93. The van der Waals surface area contributed by atoms with Crippen LogP contribution in [0.15, 0.2) is 0 Å². The van der Waals surface area contributed by atoms with Gasteiger partial charge >= 0.3 is 59.6 Å². The molecule has 2 N–H and O–H groups in total. The fraction of sp³-hybridized carbons (Fsp3) is 0.947. The van der Waals surface area contributed by atoms with Gasteiger partial charge in [-0.05, 0) is 19.3 Å². The van der Waals surface area contributed by atoms with Crippen molar-refractivity contribution in [2.75, 3.05) is 13.2 Å². The lowest BCUT2D eigenvalue weighted by atomic mass is 9.88. The molecule has 0 amide bonds. The average molecular weight is 916 g/mol. The number of rotatable bonds is 35. The summed E-state index contributed by atoms with van der Waals surface area (Å²) in [6.45, 7) is 0.555. The molecule has 0 aliphatic rings. The number of halogens is 17. The first-order valence-electron chi connectivity index (χ1n) is 20.3. The van der Waals surface area contributed by atoms with Crippen LogP contribution in [0.1, 0.15) is 161 Å². The average Bonchev–Trinajstić information content (AvgIpc) is 3.14. The molecule has 0 aromatic rings. The second-order valence-corrected chi connectivity index (χ2v) is 15.0. The number of ether oxygens (including phenoxy) is 2. The molecule has 60 heavy (non-hydrogen) atoms. The van der Waals surface area contributed by atoms with Crippen LogP contribution in [0, 0.1) is 0 Å². The Balaban J connectivity index is 4.37. The van der Waals surface area contributed by atoms with Gasteiger partial charge in [0.05, 0.1) is 19.6 Å². The Bertz CT molecular complexity index is 1220. The first kappa shape index (κ1) is 57.7. The van der Waals surface area contributed by atoms with Gasteiger partial charge in [-0.2, -0.15) is 74.6 Å².